The Morgan fingerprint density at radius 1 is 1.53 bits per heavy atom. The van der Waals surface area contributed by atoms with Crippen molar-refractivity contribution in [3.63, 3.8) is 0 Å². The van der Waals surface area contributed by atoms with Crippen LogP contribution in [0.25, 0.3) is 0 Å². The van der Waals surface area contributed by atoms with Crippen molar-refractivity contribution in [3.05, 3.63) is 40.4 Å². The van der Waals surface area contributed by atoms with E-state index in [4.69, 9.17) is 27.9 Å². The summed E-state index contributed by atoms with van der Waals surface area (Å²) in [5.41, 5.74) is 1.00. The molecule has 0 saturated carbocycles. The summed E-state index contributed by atoms with van der Waals surface area (Å²) in [7, 11) is 1.87. The summed E-state index contributed by atoms with van der Waals surface area (Å²) in [4.78, 5) is 0. The molecule has 0 unspecified atom stereocenters. The molecule has 0 aliphatic carbocycles. The van der Waals surface area contributed by atoms with E-state index in [1.165, 1.54) is 0 Å². The molecule has 0 fully saturated rings. The molecule has 1 N–H and O–H groups in total. The fourth-order valence-electron chi connectivity index (χ4n) is 1.17. The highest BCUT2D eigenvalue weighted by molar-refractivity contribution is 6.30. The number of hydrogen-bond donors (Lipinski definition) is 1. The van der Waals surface area contributed by atoms with Crippen LogP contribution in [0.4, 0.5) is 0 Å². The van der Waals surface area contributed by atoms with Gasteiger partial charge in [-0.25, -0.2) is 0 Å². The minimum Gasteiger partial charge on any atom is -0.488 e. The Morgan fingerprint density at radius 2 is 2.27 bits per heavy atom. The summed E-state index contributed by atoms with van der Waals surface area (Å²) in [6.45, 7) is 4.57. The van der Waals surface area contributed by atoms with E-state index in [1.807, 2.05) is 19.2 Å². The van der Waals surface area contributed by atoms with Gasteiger partial charge < -0.3 is 10.1 Å². The fraction of sp³-hybridized carbons (Fsp3) is 0.273. The molecule has 15 heavy (non-hydrogen) atoms. The van der Waals surface area contributed by atoms with E-state index in [0.717, 1.165) is 11.3 Å². The van der Waals surface area contributed by atoms with Gasteiger partial charge in [0.15, 0.2) is 0 Å². The summed E-state index contributed by atoms with van der Waals surface area (Å²) in [6, 6.07) is 5.48. The van der Waals surface area contributed by atoms with Crippen LogP contribution in [0.3, 0.4) is 0 Å². The standard InChI is InChI=1S/C11H13Cl2NO/c1-8(12)7-15-11-4-3-10(13)5-9(11)6-14-2/h3-5,14H,1,6-7H2,2H3. The van der Waals surface area contributed by atoms with Gasteiger partial charge in [0.25, 0.3) is 0 Å². The van der Waals surface area contributed by atoms with Gasteiger partial charge in [-0.2, -0.15) is 0 Å². The third-order valence-electron chi connectivity index (χ3n) is 1.77. The Hall–Kier alpha value is -0.700. The van der Waals surface area contributed by atoms with E-state index in [9.17, 15) is 0 Å². The summed E-state index contributed by atoms with van der Waals surface area (Å²) < 4.78 is 5.48. The smallest absolute Gasteiger partial charge is 0.124 e. The van der Waals surface area contributed by atoms with E-state index in [0.29, 0.717) is 23.2 Å². The normalized spacial score (nSPS) is 10.1. The maximum absolute atomic E-state index is 5.89. The van der Waals surface area contributed by atoms with Crippen LogP contribution >= 0.6 is 23.2 Å². The highest BCUT2D eigenvalue weighted by atomic mass is 35.5. The molecule has 82 valence electrons. The Morgan fingerprint density at radius 3 is 2.87 bits per heavy atom. The second-order valence-electron chi connectivity index (χ2n) is 3.09. The largest absolute Gasteiger partial charge is 0.488 e. The Labute approximate surface area is 99.8 Å². The van der Waals surface area contributed by atoms with Crippen LogP contribution in [0, 0.1) is 0 Å². The number of ether oxygens (including phenoxy) is 1. The highest BCUT2D eigenvalue weighted by Crippen LogP contribution is 2.23. The molecule has 0 atom stereocenters. The van der Waals surface area contributed by atoms with Crippen molar-refractivity contribution >= 4 is 23.2 Å². The van der Waals surface area contributed by atoms with Crippen LogP contribution in [0.5, 0.6) is 5.75 Å². The molecule has 0 radical (unpaired) electrons. The number of rotatable bonds is 5. The number of halogens is 2. The van der Waals surface area contributed by atoms with Gasteiger partial charge in [-0.1, -0.05) is 29.8 Å². The van der Waals surface area contributed by atoms with Crippen LogP contribution in [-0.2, 0) is 6.54 Å². The third kappa shape index (κ3) is 4.12. The minimum atomic E-state index is 0.305. The molecular weight excluding hydrogens is 233 g/mol. The van der Waals surface area contributed by atoms with E-state index < -0.39 is 0 Å². The summed E-state index contributed by atoms with van der Waals surface area (Å²) in [5.74, 6) is 0.774. The monoisotopic (exact) mass is 245 g/mol. The first-order valence-corrected chi connectivity index (χ1v) is 5.28. The molecule has 0 aromatic heterocycles. The molecule has 1 rings (SSSR count). The Bertz CT molecular complexity index is 352. The average Bonchev–Trinajstić information content (AvgIpc) is 2.17. The third-order valence-corrected chi connectivity index (χ3v) is 2.12. The van der Waals surface area contributed by atoms with Crippen molar-refractivity contribution in [3.8, 4) is 5.75 Å². The van der Waals surface area contributed by atoms with Crippen LogP contribution in [-0.4, -0.2) is 13.7 Å². The molecule has 1 aromatic carbocycles. The Kier molecular flexibility index (Phi) is 4.95. The first-order chi connectivity index (χ1) is 7.13. The lowest BCUT2D eigenvalue weighted by atomic mass is 10.2. The quantitative estimate of drug-likeness (QED) is 0.861. The van der Waals surface area contributed by atoms with Gasteiger partial charge in [-0.05, 0) is 25.2 Å². The first-order valence-electron chi connectivity index (χ1n) is 4.52. The second kappa shape index (κ2) is 6.01. The van der Waals surface area contributed by atoms with Crippen molar-refractivity contribution < 1.29 is 4.74 Å². The molecule has 1 aromatic rings. The number of benzene rings is 1. The molecule has 0 aliphatic heterocycles. The fourth-order valence-corrected chi connectivity index (χ4v) is 1.42. The molecule has 0 saturated heterocycles. The molecule has 2 nitrogen and oxygen atoms in total. The van der Waals surface area contributed by atoms with E-state index in [-0.39, 0.29) is 0 Å². The Balaban J connectivity index is 2.80. The van der Waals surface area contributed by atoms with Crippen molar-refractivity contribution in [2.75, 3.05) is 13.7 Å². The molecule has 0 aliphatic rings. The summed E-state index contributed by atoms with van der Waals surface area (Å²) in [5, 5.41) is 4.21. The van der Waals surface area contributed by atoms with Crippen LogP contribution in [0.2, 0.25) is 5.02 Å². The zero-order valence-corrected chi connectivity index (χ0v) is 10.0. The zero-order valence-electron chi connectivity index (χ0n) is 8.52. The summed E-state index contributed by atoms with van der Waals surface area (Å²) >= 11 is 11.5. The lowest BCUT2D eigenvalue weighted by molar-refractivity contribution is 0.355. The van der Waals surface area contributed by atoms with Gasteiger partial charge >= 0.3 is 0 Å². The molecular formula is C11H13Cl2NO. The van der Waals surface area contributed by atoms with Gasteiger partial charge in [-0.3, -0.25) is 0 Å². The lowest BCUT2D eigenvalue weighted by Gasteiger charge is -2.10. The van der Waals surface area contributed by atoms with Gasteiger partial charge in [0, 0.05) is 22.2 Å². The van der Waals surface area contributed by atoms with E-state index in [2.05, 4.69) is 11.9 Å². The predicted molar refractivity (Wildman–Crippen MR) is 64.7 cm³/mol. The van der Waals surface area contributed by atoms with Gasteiger partial charge in [-0.15, -0.1) is 0 Å². The first kappa shape index (κ1) is 12.4. The van der Waals surface area contributed by atoms with E-state index in [1.54, 1.807) is 6.07 Å². The van der Waals surface area contributed by atoms with Crippen molar-refractivity contribution in [2.24, 2.45) is 0 Å². The van der Waals surface area contributed by atoms with Gasteiger partial charge in [0.05, 0.1) is 0 Å². The van der Waals surface area contributed by atoms with Crippen molar-refractivity contribution in [2.45, 2.75) is 6.54 Å². The van der Waals surface area contributed by atoms with Crippen LogP contribution < -0.4 is 10.1 Å². The molecule has 0 bridgehead atoms. The van der Waals surface area contributed by atoms with Crippen molar-refractivity contribution in [1.82, 2.24) is 5.32 Å². The molecule has 0 amide bonds. The minimum absolute atomic E-state index is 0.305. The van der Waals surface area contributed by atoms with Gasteiger partial charge in [0.2, 0.25) is 0 Å². The predicted octanol–water partition coefficient (Wildman–Crippen LogP) is 3.19. The SMILES string of the molecule is C=C(Cl)COc1ccc(Cl)cc1CNC. The zero-order chi connectivity index (χ0) is 11.3. The van der Waals surface area contributed by atoms with Crippen LogP contribution in [0.15, 0.2) is 29.8 Å². The number of nitrogens with one attached hydrogen (secondary N) is 1. The van der Waals surface area contributed by atoms with Crippen molar-refractivity contribution in [1.29, 1.82) is 0 Å². The van der Waals surface area contributed by atoms with Crippen LogP contribution in [0.1, 0.15) is 5.56 Å². The molecule has 0 spiro atoms. The van der Waals surface area contributed by atoms with E-state index >= 15 is 0 Å². The molecule has 0 heterocycles. The maximum atomic E-state index is 5.89. The second-order valence-corrected chi connectivity index (χ2v) is 4.06. The summed E-state index contributed by atoms with van der Waals surface area (Å²) in [6.07, 6.45) is 0. The topological polar surface area (TPSA) is 21.3 Å². The lowest BCUT2D eigenvalue weighted by Crippen LogP contribution is -2.08. The average molecular weight is 246 g/mol. The molecule has 4 heteroatoms. The maximum Gasteiger partial charge on any atom is 0.124 e. The number of hydrogen-bond acceptors (Lipinski definition) is 2. The highest BCUT2D eigenvalue weighted by Gasteiger charge is 2.04. The van der Waals surface area contributed by atoms with Gasteiger partial charge in [0.1, 0.15) is 12.4 Å².